The standard InChI is InChI=1S/C7H4FIO3.BH2O3.Na/c8-12-6-4(7(10)11)2-1-3-5(6)9;2-1(3)4;/h1-3H,(H,10,11);2-3H;/q;-1;+1. The van der Waals surface area contributed by atoms with E-state index in [0.717, 1.165) is 0 Å². The van der Waals surface area contributed by atoms with Crippen molar-refractivity contribution in [2.24, 2.45) is 0 Å². The van der Waals surface area contributed by atoms with E-state index in [-0.39, 0.29) is 40.9 Å². The van der Waals surface area contributed by atoms with Crippen LogP contribution in [-0.2, 0) is 0 Å². The van der Waals surface area contributed by atoms with Crippen LogP contribution in [0.15, 0.2) is 18.2 Å². The molecule has 88 valence electrons. The van der Waals surface area contributed by atoms with Crippen LogP contribution in [-0.4, -0.2) is 28.4 Å². The second-order valence-corrected chi connectivity index (χ2v) is 3.49. The Morgan fingerprint density at radius 1 is 1.47 bits per heavy atom. The third-order valence-corrected chi connectivity index (χ3v) is 2.12. The molecule has 0 radical (unpaired) electrons. The Labute approximate surface area is 132 Å². The van der Waals surface area contributed by atoms with Gasteiger partial charge in [-0.2, -0.15) is 0 Å². The Balaban J connectivity index is 0. The molecule has 0 fully saturated rings. The van der Waals surface area contributed by atoms with Crippen molar-refractivity contribution >= 4 is 35.9 Å². The molecule has 6 nitrogen and oxygen atoms in total. The quantitative estimate of drug-likeness (QED) is 0.372. The zero-order valence-corrected chi connectivity index (χ0v) is 12.8. The van der Waals surface area contributed by atoms with Gasteiger partial charge in [-0.15, -0.1) is 0 Å². The molecule has 0 amide bonds. The predicted octanol–water partition coefficient (Wildman–Crippen LogP) is -3.43. The summed E-state index contributed by atoms with van der Waals surface area (Å²) in [5.74, 6) is -1.45. The molecule has 0 saturated heterocycles. The largest absolute Gasteiger partial charge is 1.00 e. The molecule has 0 atom stereocenters. The topological polar surface area (TPSA) is 110 Å². The normalized spacial score (nSPS) is 8.29. The van der Waals surface area contributed by atoms with Gasteiger partial charge in [-0.1, -0.05) is 6.07 Å². The maximum absolute atomic E-state index is 11.8. The van der Waals surface area contributed by atoms with Gasteiger partial charge in [-0.3, -0.25) is 4.94 Å². The molecule has 1 aromatic carbocycles. The van der Waals surface area contributed by atoms with Gasteiger partial charge in [0.05, 0.1) is 3.57 Å². The van der Waals surface area contributed by atoms with Crippen molar-refractivity contribution < 1.29 is 64.0 Å². The number of aromatic carboxylic acids is 1. The summed E-state index contributed by atoms with van der Waals surface area (Å²) in [6, 6.07) is 4.36. The number of halogens is 2. The number of para-hydroxylation sites is 1. The number of carboxylic acids is 1. The monoisotopic (exact) mass is 366 g/mol. The molecular weight excluding hydrogens is 360 g/mol. The van der Waals surface area contributed by atoms with Crippen LogP contribution in [0.25, 0.3) is 0 Å². The smallest absolute Gasteiger partial charge is 0.832 e. The Hall–Kier alpha value is 0.0949. The van der Waals surface area contributed by atoms with Crippen LogP contribution < -0.4 is 39.5 Å². The molecule has 0 aromatic heterocycles. The fraction of sp³-hybridized carbons (Fsp3) is 0. The van der Waals surface area contributed by atoms with Crippen LogP contribution in [0.4, 0.5) is 4.53 Å². The predicted molar refractivity (Wildman–Crippen MR) is 58.0 cm³/mol. The van der Waals surface area contributed by atoms with E-state index >= 15 is 0 Å². The second kappa shape index (κ2) is 10.1. The Morgan fingerprint density at radius 2 is 1.94 bits per heavy atom. The molecule has 0 bridgehead atoms. The van der Waals surface area contributed by atoms with Gasteiger partial charge in [-0.05, 0) is 34.7 Å². The van der Waals surface area contributed by atoms with Crippen molar-refractivity contribution in [3.63, 3.8) is 0 Å². The number of carbonyl (C=O) groups is 1. The number of carboxylic acid groups (broad SMARTS) is 1. The first kappa shape index (κ1) is 19.4. The number of rotatable bonds is 2. The van der Waals surface area contributed by atoms with Crippen LogP contribution >= 0.6 is 22.6 Å². The van der Waals surface area contributed by atoms with Gasteiger partial charge in [0, 0.05) is 4.53 Å². The summed E-state index contributed by atoms with van der Waals surface area (Å²) >= 11 is 1.79. The molecule has 17 heavy (non-hydrogen) atoms. The number of benzene rings is 1. The minimum atomic E-state index is -2.42. The second-order valence-electron chi connectivity index (χ2n) is 2.33. The molecule has 0 aliphatic carbocycles. The van der Waals surface area contributed by atoms with Gasteiger partial charge in [0.2, 0.25) is 0 Å². The summed E-state index contributed by atoms with van der Waals surface area (Å²) in [4.78, 5) is 13.9. The first-order chi connectivity index (χ1) is 7.40. The third-order valence-electron chi connectivity index (χ3n) is 1.27. The maximum atomic E-state index is 11.8. The molecule has 10 heteroatoms. The molecule has 1 rings (SSSR count). The van der Waals surface area contributed by atoms with Crippen molar-refractivity contribution in [1.82, 2.24) is 0 Å². The van der Waals surface area contributed by atoms with E-state index in [1.807, 2.05) is 0 Å². The molecule has 0 aliphatic heterocycles. The molecule has 0 spiro atoms. The van der Waals surface area contributed by atoms with Gasteiger partial charge in [0.1, 0.15) is 5.56 Å². The molecule has 0 aliphatic rings. The van der Waals surface area contributed by atoms with E-state index < -0.39 is 13.3 Å². The molecule has 0 heterocycles. The minimum Gasteiger partial charge on any atom is -0.832 e. The maximum Gasteiger partial charge on any atom is 1.00 e. The van der Waals surface area contributed by atoms with Gasteiger partial charge in [-0.25, -0.2) is 4.79 Å². The molecular formula is C7H6BFINaO6. The first-order valence-corrected chi connectivity index (χ1v) is 4.80. The SMILES string of the molecule is O=C(O)c1cccc(I)c1OF.[Na+].[O-]B(O)O. The fourth-order valence-electron chi connectivity index (χ4n) is 0.756. The van der Waals surface area contributed by atoms with E-state index in [1.54, 1.807) is 28.7 Å². The minimum absolute atomic E-state index is 0. The summed E-state index contributed by atoms with van der Waals surface area (Å²) in [5.41, 5.74) is -0.176. The van der Waals surface area contributed by atoms with Crippen molar-refractivity contribution in [2.45, 2.75) is 0 Å². The first-order valence-electron chi connectivity index (χ1n) is 3.72. The van der Waals surface area contributed by atoms with E-state index in [9.17, 15) is 9.32 Å². The molecule has 0 unspecified atom stereocenters. The van der Waals surface area contributed by atoms with Crippen molar-refractivity contribution in [3.8, 4) is 5.75 Å². The van der Waals surface area contributed by atoms with Crippen molar-refractivity contribution in [2.75, 3.05) is 0 Å². The van der Waals surface area contributed by atoms with Crippen LogP contribution in [0.5, 0.6) is 5.75 Å². The van der Waals surface area contributed by atoms with Gasteiger partial charge in [0.15, 0.2) is 5.75 Å². The fourth-order valence-corrected chi connectivity index (χ4v) is 1.34. The summed E-state index contributed by atoms with van der Waals surface area (Å²) in [6.45, 7) is 0. The van der Waals surface area contributed by atoms with Crippen LogP contribution in [0.1, 0.15) is 10.4 Å². The van der Waals surface area contributed by atoms with Crippen molar-refractivity contribution in [1.29, 1.82) is 0 Å². The zero-order valence-electron chi connectivity index (χ0n) is 8.63. The van der Waals surface area contributed by atoms with Crippen LogP contribution in [0.3, 0.4) is 0 Å². The summed E-state index contributed by atoms with van der Waals surface area (Å²) < 4.78 is 12.3. The molecule has 1 aromatic rings. The van der Waals surface area contributed by atoms with E-state index in [2.05, 4.69) is 4.94 Å². The van der Waals surface area contributed by atoms with Gasteiger partial charge >= 0.3 is 42.8 Å². The Morgan fingerprint density at radius 3 is 2.24 bits per heavy atom. The van der Waals surface area contributed by atoms with E-state index in [4.69, 9.17) is 20.2 Å². The Kier molecular flexibility index (Phi) is 11.5. The Bertz CT molecular complexity index is 363. The van der Waals surface area contributed by atoms with Crippen LogP contribution in [0, 0.1) is 3.57 Å². The van der Waals surface area contributed by atoms with Gasteiger partial charge in [0.25, 0.3) is 0 Å². The summed E-state index contributed by atoms with van der Waals surface area (Å²) in [7, 11) is -2.42. The summed E-state index contributed by atoms with van der Waals surface area (Å²) in [6.07, 6.45) is 0. The third kappa shape index (κ3) is 7.92. The van der Waals surface area contributed by atoms with E-state index in [1.165, 1.54) is 12.1 Å². The van der Waals surface area contributed by atoms with E-state index in [0.29, 0.717) is 3.57 Å². The molecule has 3 N–H and O–H groups in total. The zero-order chi connectivity index (χ0) is 12.7. The number of hydrogen-bond donors (Lipinski definition) is 3. The van der Waals surface area contributed by atoms with Crippen molar-refractivity contribution in [3.05, 3.63) is 27.3 Å². The van der Waals surface area contributed by atoms with Gasteiger partial charge < -0.3 is 20.2 Å². The molecule has 0 saturated carbocycles. The average molecular weight is 366 g/mol. The summed E-state index contributed by atoms with van der Waals surface area (Å²) in [5, 5.41) is 31.3. The number of hydrogen-bond acceptors (Lipinski definition) is 5. The average Bonchev–Trinajstić information content (AvgIpc) is 2.16. The van der Waals surface area contributed by atoms with Crippen LogP contribution in [0.2, 0.25) is 0 Å².